The SMILES string of the molecule is Cc1ccc(CSCC(=O)Nc2cccc(S(=O)(=O)N3CCOCC3)c2)cc1. The molecular weight excluding hydrogens is 396 g/mol. The molecule has 1 amide bonds. The highest BCUT2D eigenvalue weighted by Gasteiger charge is 2.26. The zero-order chi connectivity index (χ0) is 20.0. The van der Waals surface area contributed by atoms with Gasteiger partial charge in [0.2, 0.25) is 15.9 Å². The minimum atomic E-state index is -3.58. The summed E-state index contributed by atoms with van der Waals surface area (Å²) in [6, 6.07) is 14.6. The second-order valence-corrected chi connectivity index (χ2v) is 9.49. The molecule has 2 aromatic carbocycles. The summed E-state index contributed by atoms with van der Waals surface area (Å²) in [6.07, 6.45) is 0. The topological polar surface area (TPSA) is 75.7 Å². The molecular formula is C20H24N2O4S2. The van der Waals surface area contributed by atoms with E-state index in [1.54, 1.807) is 18.2 Å². The number of hydrogen-bond donors (Lipinski definition) is 1. The lowest BCUT2D eigenvalue weighted by Crippen LogP contribution is -2.40. The Hall–Kier alpha value is -1.87. The van der Waals surface area contributed by atoms with Crippen LogP contribution < -0.4 is 5.32 Å². The van der Waals surface area contributed by atoms with Gasteiger partial charge >= 0.3 is 0 Å². The van der Waals surface area contributed by atoms with Crippen LogP contribution >= 0.6 is 11.8 Å². The van der Waals surface area contributed by atoms with E-state index in [2.05, 4.69) is 29.6 Å². The Kier molecular flexibility index (Phi) is 7.12. The van der Waals surface area contributed by atoms with E-state index < -0.39 is 10.0 Å². The van der Waals surface area contributed by atoms with Crippen LogP contribution in [0.2, 0.25) is 0 Å². The Labute approximate surface area is 170 Å². The van der Waals surface area contributed by atoms with Crippen LogP contribution in [0.3, 0.4) is 0 Å². The Bertz CT molecular complexity index is 908. The molecule has 0 aromatic heterocycles. The summed E-state index contributed by atoms with van der Waals surface area (Å²) in [5, 5.41) is 2.79. The second kappa shape index (κ2) is 9.56. The van der Waals surface area contributed by atoms with Gasteiger partial charge in [-0.2, -0.15) is 4.31 Å². The number of amides is 1. The summed E-state index contributed by atoms with van der Waals surface area (Å²) in [4.78, 5) is 12.4. The number of nitrogens with one attached hydrogen (secondary N) is 1. The van der Waals surface area contributed by atoms with E-state index in [1.165, 1.54) is 33.3 Å². The number of sulfonamides is 1. The minimum Gasteiger partial charge on any atom is -0.379 e. The maximum atomic E-state index is 12.7. The molecule has 1 heterocycles. The maximum absolute atomic E-state index is 12.7. The molecule has 0 radical (unpaired) electrons. The number of morpholine rings is 1. The zero-order valence-corrected chi connectivity index (χ0v) is 17.4. The van der Waals surface area contributed by atoms with Gasteiger partial charge in [0.1, 0.15) is 0 Å². The van der Waals surface area contributed by atoms with E-state index in [0.717, 1.165) is 5.75 Å². The van der Waals surface area contributed by atoms with Gasteiger partial charge < -0.3 is 10.1 Å². The average molecular weight is 421 g/mol. The number of anilines is 1. The van der Waals surface area contributed by atoms with Gasteiger partial charge in [0.25, 0.3) is 0 Å². The number of benzene rings is 2. The van der Waals surface area contributed by atoms with Crippen molar-refractivity contribution in [2.45, 2.75) is 17.6 Å². The molecule has 150 valence electrons. The van der Waals surface area contributed by atoms with Crippen molar-refractivity contribution < 1.29 is 17.9 Å². The molecule has 0 atom stereocenters. The van der Waals surface area contributed by atoms with Gasteiger partial charge in [-0.3, -0.25) is 4.79 Å². The lowest BCUT2D eigenvalue weighted by Gasteiger charge is -2.26. The Morgan fingerprint density at radius 1 is 1.14 bits per heavy atom. The first-order chi connectivity index (χ1) is 13.4. The molecule has 1 aliphatic heterocycles. The van der Waals surface area contributed by atoms with Crippen LogP contribution in [0.25, 0.3) is 0 Å². The smallest absolute Gasteiger partial charge is 0.243 e. The molecule has 1 fully saturated rings. The van der Waals surface area contributed by atoms with Crippen LogP contribution in [0.4, 0.5) is 5.69 Å². The molecule has 1 aliphatic rings. The van der Waals surface area contributed by atoms with Gasteiger partial charge in [0.05, 0.1) is 23.9 Å². The van der Waals surface area contributed by atoms with E-state index in [0.29, 0.717) is 37.7 Å². The van der Waals surface area contributed by atoms with Gasteiger partial charge in [-0.25, -0.2) is 8.42 Å². The van der Waals surface area contributed by atoms with Gasteiger partial charge in [-0.15, -0.1) is 11.8 Å². The number of aryl methyl sites for hydroxylation is 1. The van der Waals surface area contributed by atoms with Crippen LogP contribution in [0.5, 0.6) is 0 Å². The number of thioether (sulfide) groups is 1. The van der Waals surface area contributed by atoms with Crippen molar-refractivity contribution in [1.29, 1.82) is 0 Å². The summed E-state index contributed by atoms with van der Waals surface area (Å²) in [5.74, 6) is 0.894. The van der Waals surface area contributed by atoms with Crippen molar-refractivity contribution >= 4 is 33.4 Å². The number of nitrogens with zero attached hydrogens (tertiary/aromatic N) is 1. The fraction of sp³-hybridized carbons (Fsp3) is 0.350. The third-order valence-electron chi connectivity index (χ3n) is 4.35. The monoisotopic (exact) mass is 420 g/mol. The molecule has 0 aliphatic carbocycles. The van der Waals surface area contributed by atoms with E-state index in [1.807, 2.05) is 6.92 Å². The minimum absolute atomic E-state index is 0.155. The number of carbonyl (C=O) groups excluding carboxylic acids is 1. The number of hydrogen-bond acceptors (Lipinski definition) is 5. The van der Waals surface area contributed by atoms with E-state index in [4.69, 9.17) is 4.74 Å². The predicted octanol–water partition coefficient (Wildman–Crippen LogP) is 2.89. The molecule has 0 unspecified atom stereocenters. The first-order valence-corrected chi connectivity index (χ1v) is 11.7. The van der Waals surface area contributed by atoms with Crippen LogP contribution in [0.1, 0.15) is 11.1 Å². The first-order valence-electron chi connectivity index (χ1n) is 9.06. The molecule has 0 bridgehead atoms. The maximum Gasteiger partial charge on any atom is 0.243 e. The summed E-state index contributed by atoms with van der Waals surface area (Å²) >= 11 is 1.52. The van der Waals surface area contributed by atoms with Gasteiger partial charge in [0.15, 0.2) is 0 Å². The highest BCUT2D eigenvalue weighted by atomic mass is 32.2. The molecule has 6 nitrogen and oxygen atoms in total. The van der Waals surface area contributed by atoms with Gasteiger partial charge in [-0.1, -0.05) is 35.9 Å². The molecule has 3 rings (SSSR count). The largest absolute Gasteiger partial charge is 0.379 e. The highest BCUT2D eigenvalue weighted by Crippen LogP contribution is 2.21. The highest BCUT2D eigenvalue weighted by molar-refractivity contribution is 7.99. The van der Waals surface area contributed by atoms with Crippen molar-refractivity contribution in [2.75, 3.05) is 37.4 Å². The lowest BCUT2D eigenvalue weighted by atomic mass is 10.2. The third kappa shape index (κ3) is 5.57. The first kappa shape index (κ1) is 20.9. The summed E-state index contributed by atoms with van der Waals surface area (Å²) in [6.45, 7) is 3.52. The molecule has 2 aromatic rings. The van der Waals surface area contributed by atoms with Crippen molar-refractivity contribution in [2.24, 2.45) is 0 Å². The molecule has 28 heavy (non-hydrogen) atoms. The van der Waals surface area contributed by atoms with Crippen molar-refractivity contribution in [3.05, 3.63) is 59.7 Å². The zero-order valence-electron chi connectivity index (χ0n) is 15.8. The van der Waals surface area contributed by atoms with Gasteiger partial charge in [-0.05, 0) is 30.7 Å². The molecule has 0 spiro atoms. The fourth-order valence-electron chi connectivity index (χ4n) is 2.81. The van der Waals surface area contributed by atoms with E-state index in [-0.39, 0.29) is 10.8 Å². The van der Waals surface area contributed by atoms with Crippen molar-refractivity contribution in [3.8, 4) is 0 Å². The average Bonchev–Trinajstić information content (AvgIpc) is 2.70. The Morgan fingerprint density at radius 3 is 2.57 bits per heavy atom. The standard InChI is InChI=1S/C20H24N2O4S2/c1-16-5-7-17(8-6-16)14-27-15-20(23)21-18-3-2-4-19(13-18)28(24,25)22-9-11-26-12-10-22/h2-8,13H,9-12,14-15H2,1H3,(H,21,23). The summed E-state index contributed by atoms with van der Waals surface area (Å²) in [5.41, 5.74) is 2.86. The van der Waals surface area contributed by atoms with Crippen molar-refractivity contribution in [3.63, 3.8) is 0 Å². The van der Waals surface area contributed by atoms with E-state index in [9.17, 15) is 13.2 Å². The van der Waals surface area contributed by atoms with Crippen LogP contribution in [0.15, 0.2) is 53.4 Å². The van der Waals surface area contributed by atoms with Crippen LogP contribution in [-0.4, -0.2) is 50.7 Å². The Morgan fingerprint density at radius 2 is 1.86 bits per heavy atom. The second-order valence-electron chi connectivity index (χ2n) is 6.57. The normalized spacial score (nSPS) is 15.3. The quantitative estimate of drug-likeness (QED) is 0.745. The number of rotatable bonds is 7. The van der Waals surface area contributed by atoms with E-state index >= 15 is 0 Å². The Balaban J connectivity index is 1.56. The van der Waals surface area contributed by atoms with Crippen LogP contribution in [-0.2, 0) is 25.3 Å². The fourth-order valence-corrected chi connectivity index (χ4v) is 5.06. The summed E-state index contributed by atoms with van der Waals surface area (Å²) < 4.78 is 32.1. The summed E-state index contributed by atoms with van der Waals surface area (Å²) in [7, 11) is -3.58. The third-order valence-corrected chi connectivity index (χ3v) is 7.25. The van der Waals surface area contributed by atoms with Crippen LogP contribution in [0, 0.1) is 6.92 Å². The number of ether oxygens (including phenoxy) is 1. The molecule has 1 saturated heterocycles. The molecule has 1 N–H and O–H groups in total. The van der Waals surface area contributed by atoms with Gasteiger partial charge in [0, 0.05) is 24.5 Å². The molecule has 8 heteroatoms. The van der Waals surface area contributed by atoms with Crippen molar-refractivity contribution in [1.82, 2.24) is 4.31 Å². The molecule has 0 saturated carbocycles. The predicted molar refractivity (Wildman–Crippen MR) is 112 cm³/mol. The number of carbonyl (C=O) groups is 1. The lowest BCUT2D eigenvalue weighted by molar-refractivity contribution is -0.113.